The molecule has 0 bridgehead atoms. The van der Waals surface area contributed by atoms with Crippen LogP contribution in [0.25, 0.3) is 0 Å². The highest BCUT2D eigenvalue weighted by atomic mass is 32.2. The molecular weight excluding hydrogens is 266 g/mol. The zero-order valence-electron chi connectivity index (χ0n) is 11.4. The summed E-state index contributed by atoms with van der Waals surface area (Å²) in [7, 11) is -1.99. The van der Waals surface area contributed by atoms with Crippen LogP contribution in [-0.2, 0) is 19.5 Å². The van der Waals surface area contributed by atoms with E-state index in [4.69, 9.17) is 9.47 Å². The van der Waals surface area contributed by atoms with E-state index in [1.807, 2.05) is 32.0 Å². The molecule has 1 heterocycles. The van der Waals surface area contributed by atoms with Gasteiger partial charge in [-0.05, 0) is 25.0 Å². The van der Waals surface area contributed by atoms with Crippen molar-refractivity contribution < 1.29 is 17.9 Å². The number of nitrogens with zero attached hydrogens (tertiary/aromatic N) is 1. The molecule has 1 aromatic rings. The van der Waals surface area contributed by atoms with Crippen molar-refractivity contribution >= 4 is 10.0 Å². The largest absolute Gasteiger partial charge is 0.383 e. The van der Waals surface area contributed by atoms with Crippen LogP contribution in [0.3, 0.4) is 0 Å². The summed E-state index contributed by atoms with van der Waals surface area (Å²) in [4.78, 5) is 0.376. The lowest BCUT2D eigenvalue weighted by molar-refractivity contribution is 0.161. The molecule has 1 aliphatic rings. The van der Waals surface area contributed by atoms with Gasteiger partial charge in [0.05, 0.1) is 18.1 Å². The van der Waals surface area contributed by atoms with Gasteiger partial charge in [0.25, 0.3) is 0 Å². The number of epoxide rings is 1. The third-order valence-corrected chi connectivity index (χ3v) is 5.32. The van der Waals surface area contributed by atoms with Crippen LogP contribution in [0.5, 0.6) is 0 Å². The van der Waals surface area contributed by atoms with E-state index in [1.165, 1.54) is 4.31 Å². The second-order valence-corrected chi connectivity index (χ2v) is 6.44. The van der Waals surface area contributed by atoms with Gasteiger partial charge in [-0.15, -0.1) is 0 Å². The van der Waals surface area contributed by atoms with Crippen molar-refractivity contribution in [2.75, 3.05) is 26.9 Å². The van der Waals surface area contributed by atoms with E-state index < -0.39 is 10.0 Å². The first-order valence-corrected chi connectivity index (χ1v) is 7.61. The quantitative estimate of drug-likeness (QED) is 0.739. The molecule has 1 atom stereocenters. The molecule has 0 spiro atoms. The average Bonchev–Trinajstić information content (AvgIpc) is 3.13. The predicted octanol–water partition coefficient (Wildman–Crippen LogP) is 1.30. The predicted molar refractivity (Wildman–Crippen MR) is 71.4 cm³/mol. The van der Waals surface area contributed by atoms with E-state index in [2.05, 4.69) is 0 Å². The smallest absolute Gasteiger partial charge is 0.245 e. The molecule has 106 valence electrons. The van der Waals surface area contributed by atoms with Gasteiger partial charge < -0.3 is 9.47 Å². The van der Waals surface area contributed by atoms with Crippen molar-refractivity contribution in [1.29, 1.82) is 0 Å². The van der Waals surface area contributed by atoms with E-state index in [-0.39, 0.29) is 6.23 Å². The fourth-order valence-corrected chi connectivity index (χ4v) is 4.06. The lowest BCUT2D eigenvalue weighted by atomic mass is 10.2. The number of rotatable bonds is 6. The molecule has 2 rings (SSSR count). The molecule has 0 aliphatic carbocycles. The number of hydrogen-bond acceptors (Lipinski definition) is 4. The molecule has 1 aliphatic heterocycles. The fourth-order valence-electron chi connectivity index (χ4n) is 2.13. The highest BCUT2D eigenvalue weighted by Crippen LogP contribution is 2.28. The van der Waals surface area contributed by atoms with Crippen LogP contribution in [-0.4, -0.2) is 45.8 Å². The van der Waals surface area contributed by atoms with Gasteiger partial charge in [-0.2, -0.15) is 4.31 Å². The summed E-state index contributed by atoms with van der Waals surface area (Å²) in [5.74, 6) is 0. The number of hydrogen-bond donors (Lipinski definition) is 0. The summed E-state index contributed by atoms with van der Waals surface area (Å²) in [6, 6.07) is 5.47. The van der Waals surface area contributed by atoms with Crippen LogP contribution < -0.4 is 0 Å². The van der Waals surface area contributed by atoms with Crippen molar-refractivity contribution in [3.8, 4) is 0 Å². The van der Waals surface area contributed by atoms with E-state index in [1.54, 1.807) is 7.11 Å². The number of methoxy groups -OCH3 is 1. The first kappa shape index (κ1) is 14.5. The van der Waals surface area contributed by atoms with Gasteiger partial charge in [0.1, 0.15) is 6.23 Å². The Morgan fingerprint density at radius 1 is 1.37 bits per heavy atom. The highest BCUT2D eigenvalue weighted by molar-refractivity contribution is 7.89. The molecule has 0 aromatic heterocycles. The maximum Gasteiger partial charge on any atom is 0.245 e. The highest BCUT2D eigenvalue weighted by Gasteiger charge is 2.40. The molecule has 19 heavy (non-hydrogen) atoms. The van der Waals surface area contributed by atoms with Gasteiger partial charge in [0.2, 0.25) is 10.0 Å². The molecule has 6 heteroatoms. The average molecular weight is 285 g/mol. The molecule has 0 amide bonds. The van der Waals surface area contributed by atoms with Crippen molar-refractivity contribution in [1.82, 2.24) is 4.31 Å². The van der Waals surface area contributed by atoms with Crippen molar-refractivity contribution in [3.63, 3.8) is 0 Å². The minimum absolute atomic E-state index is 0.303. The minimum Gasteiger partial charge on any atom is -0.383 e. The molecule has 1 fully saturated rings. The van der Waals surface area contributed by atoms with Gasteiger partial charge in [0.15, 0.2) is 0 Å². The van der Waals surface area contributed by atoms with Crippen LogP contribution >= 0.6 is 0 Å². The maximum atomic E-state index is 12.8. The Kier molecular flexibility index (Phi) is 4.25. The third kappa shape index (κ3) is 2.97. The van der Waals surface area contributed by atoms with Crippen molar-refractivity contribution in [2.45, 2.75) is 25.0 Å². The lowest BCUT2D eigenvalue weighted by Crippen LogP contribution is -2.37. The van der Waals surface area contributed by atoms with E-state index in [0.29, 0.717) is 24.7 Å². The Labute approximate surface area is 114 Å². The molecule has 1 saturated heterocycles. The van der Waals surface area contributed by atoms with Gasteiger partial charge in [-0.25, -0.2) is 8.42 Å². The van der Waals surface area contributed by atoms with E-state index >= 15 is 0 Å². The van der Waals surface area contributed by atoms with Crippen LogP contribution in [0.15, 0.2) is 23.1 Å². The Bertz CT molecular complexity index is 532. The first-order chi connectivity index (χ1) is 8.98. The Morgan fingerprint density at radius 2 is 1.95 bits per heavy atom. The Hall–Kier alpha value is -0.950. The second kappa shape index (κ2) is 5.58. The van der Waals surface area contributed by atoms with Crippen LogP contribution in [0.2, 0.25) is 0 Å². The SMILES string of the molecule is COCCN(C1CO1)S(=O)(=O)c1c(C)cccc1C. The number of aryl methyl sites for hydroxylation is 2. The summed E-state index contributed by atoms with van der Waals surface area (Å²) < 4.78 is 37.0. The molecule has 1 unspecified atom stereocenters. The summed E-state index contributed by atoms with van der Waals surface area (Å²) in [6.45, 7) is 4.72. The minimum atomic E-state index is -3.54. The van der Waals surface area contributed by atoms with Crippen LogP contribution in [0, 0.1) is 13.8 Å². The standard InChI is InChI=1S/C13H19NO4S/c1-10-5-4-6-11(2)13(10)19(15,16)14(7-8-17-3)12-9-18-12/h4-6,12H,7-9H2,1-3H3. The maximum absolute atomic E-state index is 12.8. The fraction of sp³-hybridized carbons (Fsp3) is 0.538. The number of ether oxygens (including phenoxy) is 2. The summed E-state index contributed by atoms with van der Waals surface area (Å²) >= 11 is 0. The topological polar surface area (TPSA) is 59.1 Å². The number of sulfonamides is 1. The summed E-state index contributed by atoms with van der Waals surface area (Å²) in [5.41, 5.74) is 1.51. The van der Waals surface area contributed by atoms with Crippen molar-refractivity contribution in [3.05, 3.63) is 29.3 Å². The first-order valence-electron chi connectivity index (χ1n) is 6.17. The second-order valence-electron chi connectivity index (χ2n) is 4.62. The van der Waals surface area contributed by atoms with Gasteiger partial charge in [-0.3, -0.25) is 0 Å². The van der Waals surface area contributed by atoms with Gasteiger partial charge in [0, 0.05) is 13.7 Å². The lowest BCUT2D eigenvalue weighted by Gasteiger charge is -2.22. The van der Waals surface area contributed by atoms with Crippen LogP contribution in [0.4, 0.5) is 0 Å². The van der Waals surface area contributed by atoms with Crippen LogP contribution in [0.1, 0.15) is 11.1 Å². The van der Waals surface area contributed by atoms with E-state index in [9.17, 15) is 8.42 Å². The zero-order chi connectivity index (χ0) is 14.0. The molecule has 0 N–H and O–H groups in total. The van der Waals surface area contributed by atoms with Gasteiger partial charge in [-0.1, -0.05) is 18.2 Å². The summed E-state index contributed by atoms with van der Waals surface area (Å²) in [5, 5.41) is 0. The monoisotopic (exact) mass is 285 g/mol. The zero-order valence-corrected chi connectivity index (χ0v) is 12.2. The van der Waals surface area contributed by atoms with Crippen molar-refractivity contribution in [2.24, 2.45) is 0 Å². The Morgan fingerprint density at radius 3 is 2.42 bits per heavy atom. The molecule has 0 radical (unpaired) electrons. The Balaban J connectivity index is 2.39. The van der Waals surface area contributed by atoms with E-state index in [0.717, 1.165) is 11.1 Å². The normalized spacial score (nSPS) is 18.8. The molecular formula is C13H19NO4S. The molecule has 1 aromatic carbocycles. The third-order valence-electron chi connectivity index (χ3n) is 3.13. The van der Waals surface area contributed by atoms with Gasteiger partial charge >= 0.3 is 0 Å². The summed E-state index contributed by atoms with van der Waals surface area (Å²) in [6.07, 6.45) is -0.348. The molecule has 5 nitrogen and oxygen atoms in total. The molecule has 0 saturated carbocycles. The number of benzene rings is 1.